The van der Waals surface area contributed by atoms with Crippen molar-refractivity contribution in [2.45, 2.75) is 0 Å². The van der Waals surface area contributed by atoms with Gasteiger partial charge in [-0.05, 0) is 20.0 Å². The molecule has 4 N–H and O–H groups in total. The highest BCUT2D eigenvalue weighted by molar-refractivity contribution is 5.78. The molecule has 0 aliphatic rings. The second kappa shape index (κ2) is 3.89. The maximum absolute atomic E-state index is 10.6. The van der Waals surface area contributed by atoms with Gasteiger partial charge in [0.1, 0.15) is 0 Å². The Bertz CT molecular complexity index is 605. The van der Waals surface area contributed by atoms with Crippen LogP contribution < -0.4 is 5.73 Å². The number of fused-ring (bicyclic) bond motifs is 1. The van der Waals surface area contributed by atoms with Crippen molar-refractivity contribution in [3.63, 3.8) is 0 Å². The standard InChI is InChI=1S/C4H2N8O4.H2O/c5-1-2(11(13)14)4(12(15)16)7-10-3(1)6-8-9-10;/h5H2;1H2. The Labute approximate surface area is 90.4 Å². The summed E-state index contributed by atoms with van der Waals surface area (Å²) in [5.41, 5.74) is 3.72. The number of nitrogens with zero attached hydrogens (tertiary/aromatic N) is 7. The lowest BCUT2D eigenvalue weighted by atomic mass is 10.3. The van der Waals surface area contributed by atoms with E-state index in [1.807, 2.05) is 0 Å². The Kier molecular flexibility index (Phi) is 2.77. The van der Waals surface area contributed by atoms with Crippen molar-refractivity contribution in [3.05, 3.63) is 20.2 Å². The fourth-order valence-corrected chi connectivity index (χ4v) is 1.08. The van der Waals surface area contributed by atoms with Gasteiger partial charge in [-0.15, -0.1) is 5.10 Å². The van der Waals surface area contributed by atoms with E-state index in [1.54, 1.807) is 0 Å². The minimum Gasteiger partial charge on any atom is -0.412 e. The third-order valence-corrected chi connectivity index (χ3v) is 1.71. The van der Waals surface area contributed by atoms with E-state index in [0.717, 1.165) is 0 Å². The SMILES string of the molecule is Nc1c([N+](=O)[O-])c([N+](=O)[O-])nn2nnnc12.O. The molecule has 0 unspecified atom stereocenters. The van der Waals surface area contributed by atoms with E-state index in [1.165, 1.54) is 0 Å². The molecule has 0 aromatic carbocycles. The summed E-state index contributed by atoms with van der Waals surface area (Å²) >= 11 is 0. The summed E-state index contributed by atoms with van der Waals surface area (Å²) in [6.07, 6.45) is 0. The van der Waals surface area contributed by atoms with Gasteiger partial charge in [-0.1, -0.05) is 0 Å². The van der Waals surface area contributed by atoms with Gasteiger partial charge in [0.05, 0.1) is 10.0 Å². The fourth-order valence-electron chi connectivity index (χ4n) is 1.08. The number of rotatable bonds is 2. The largest absolute Gasteiger partial charge is 0.470 e. The van der Waals surface area contributed by atoms with Gasteiger partial charge >= 0.3 is 11.5 Å². The van der Waals surface area contributed by atoms with Gasteiger partial charge in [0.2, 0.25) is 0 Å². The molecule has 17 heavy (non-hydrogen) atoms. The maximum Gasteiger partial charge on any atom is 0.470 e. The molecule has 0 saturated carbocycles. The van der Waals surface area contributed by atoms with Crippen molar-refractivity contribution in [2.75, 3.05) is 5.73 Å². The van der Waals surface area contributed by atoms with Crippen molar-refractivity contribution in [3.8, 4) is 0 Å². The minimum absolute atomic E-state index is 0. The first kappa shape index (κ1) is 12.1. The third kappa shape index (κ3) is 1.65. The van der Waals surface area contributed by atoms with E-state index in [9.17, 15) is 20.2 Å². The molecule has 2 heterocycles. The van der Waals surface area contributed by atoms with E-state index in [4.69, 9.17) is 5.73 Å². The normalized spacial score (nSPS) is 9.88. The molecule has 0 aliphatic carbocycles. The molecule has 0 bridgehead atoms. The quantitative estimate of drug-likeness (QED) is 0.461. The van der Waals surface area contributed by atoms with Gasteiger partial charge < -0.3 is 21.3 Å². The summed E-state index contributed by atoms with van der Waals surface area (Å²) in [5, 5.41) is 34.2. The molecular formula is C4H4N8O5. The second-order valence-electron chi connectivity index (χ2n) is 2.59. The van der Waals surface area contributed by atoms with Crippen molar-refractivity contribution in [1.82, 2.24) is 25.3 Å². The van der Waals surface area contributed by atoms with Gasteiger partial charge in [-0.25, -0.2) is 0 Å². The number of tetrazole rings is 1. The summed E-state index contributed by atoms with van der Waals surface area (Å²) in [4.78, 5) is 19.1. The van der Waals surface area contributed by atoms with Crippen molar-refractivity contribution in [1.29, 1.82) is 0 Å². The lowest BCUT2D eigenvalue weighted by molar-refractivity contribution is -0.425. The minimum atomic E-state index is -1.03. The summed E-state index contributed by atoms with van der Waals surface area (Å²) in [6, 6.07) is 0. The molecular weight excluding hydrogens is 240 g/mol. The first-order chi connectivity index (χ1) is 7.52. The van der Waals surface area contributed by atoms with Crippen molar-refractivity contribution < 1.29 is 15.3 Å². The molecule has 13 nitrogen and oxygen atoms in total. The summed E-state index contributed by atoms with van der Waals surface area (Å²) in [7, 11) is 0. The fraction of sp³-hybridized carbons (Fsp3) is 0. The first-order valence-electron chi connectivity index (χ1n) is 3.69. The predicted octanol–water partition coefficient (Wildman–Crippen LogP) is -1.91. The van der Waals surface area contributed by atoms with Crippen LogP contribution in [0.4, 0.5) is 17.2 Å². The zero-order valence-corrected chi connectivity index (χ0v) is 7.84. The van der Waals surface area contributed by atoms with Crippen LogP contribution in [-0.4, -0.2) is 40.6 Å². The Balaban J connectivity index is 0.00000144. The number of nitro groups is 2. The van der Waals surface area contributed by atoms with Crippen LogP contribution in [-0.2, 0) is 0 Å². The molecule has 2 rings (SSSR count). The zero-order chi connectivity index (χ0) is 11.9. The first-order valence-corrected chi connectivity index (χ1v) is 3.69. The average molecular weight is 244 g/mol. The molecule has 0 spiro atoms. The lowest BCUT2D eigenvalue weighted by Gasteiger charge is -1.96. The lowest BCUT2D eigenvalue weighted by Crippen LogP contribution is -2.08. The topological polar surface area (TPSA) is 200 Å². The molecule has 0 radical (unpaired) electrons. The zero-order valence-electron chi connectivity index (χ0n) is 7.84. The van der Waals surface area contributed by atoms with Gasteiger partial charge in [-0.3, -0.25) is 10.1 Å². The number of hydrogen-bond acceptors (Lipinski definition) is 9. The molecule has 90 valence electrons. The monoisotopic (exact) mass is 244 g/mol. The maximum atomic E-state index is 10.6. The highest BCUT2D eigenvalue weighted by Gasteiger charge is 2.34. The van der Waals surface area contributed by atoms with Crippen molar-refractivity contribution >= 4 is 22.8 Å². The number of hydrogen-bond donors (Lipinski definition) is 1. The van der Waals surface area contributed by atoms with Crippen LogP contribution in [0.1, 0.15) is 0 Å². The number of aromatic nitrogens is 5. The summed E-state index contributed by atoms with van der Waals surface area (Å²) < 4.78 is 0.653. The van der Waals surface area contributed by atoms with Gasteiger partial charge in [0.25, 0.3) is 5.65 Å². The Morgan fingerprint density at radius 1 is 1.24 bits per heavy atom. The molecule has 0 saturated heterocycles. The molecule has 2 aromatic rings. The molecule has 0 amide bonds. The molecule has 13 heteroatoms. The Morgan fingerprint density at radius 3 is 2.41 bits per heavy atom. The van der Waals surface area contributed by atoms with Gasteiger partial charge in [-0.2, -0.15) is 0 Å². The van der Waals surface area contributed by atoms with Crippen LogP contribution in [0.2, 0.25) is 0 Å². The van der Waals surface area contributed by atoms with E-state index >= 15 is 0 Å². The van der Waals surface area contributed by atoms with Crippen molar-refractivity contribution in [2.24, 2.45) is 0 Å². The van der Waals surface area contributed by atoms with Crippen LogP contribution in [0.5, 0.6) is 0 Å². The number of anilines is 1. The predicted molar refractivity (Wildman–Crippen MR) is 49.9 cm³/mol. The van der Waals surface area contributed by atoms with Crippen LogP contribution in [0.25, 0.3) is 5.65 Å². The smallest absolute Gasteiger partial charge is 0.412 e. The average Bonchev–Trinajstić information content (AvgIpc) is 2.64. The highest BCUT2D eigenvalue weighted by Crippen LogP contribution is 2.31. The third-order valence-electron chi connectivity index (χ3n) is 1.71. The molecule has 0 atom stereocenters. The van der Waals surface area contributed by atoms with Crippen LogP contribution in [0.3, 0.4) is 0 Å². The molecule has 2 aromatic heterocycles. The van der Waals surface area contributed by atoms with Gasteiger partial charge in [0, 0.05) is 0 Å². The van der Waals surface area contributed by atoms with Crippen LogP contribution in [0.15, 0.2) is 0 Å². The Morgan fingerprint density at radius 2 is 1.88 bits per heavy atom. The van der Waals surface area contributed by atoms with E-state index in [2.05, 4.69) is 20.6 Å². The van der Waals surface area contributed by atoms with E-state index in [0.29, 0.717) is 4.63 Å². The molecule has 0 fully saturated rings. The second-order valence-corrected chi connectivity index (χ2v) is 2.59. The van der Waals surface area contributed by atoms with Crippen LogP contribution >= 0.6 is 0 Å². The Hall–Kier alpha value is -2.96. The molecule has 0 aliphatic heterocycles. The summed E-state index contributed by atoms with van der Waals surface area (Å²) in [5.74, 6) is -1.01. The number of nitrogens with two attached hydrogens (primary N) is 1. The summed E-state index contributed by atoms with van der Waals surface area (Å²) in [6.45, 7) is 0. The van der Waals surface area contributed by atoms with E-state index < -0.39 is 27.0 Å². The number of nitrogen functional groups attached to an aromatic ring is 1. The van der Waals surface area contributed by atoms with E-state index in [-0.39, 0.29) is 11.1 Å². The van der Waals surface area contributed by atoms with Crippen LogP contribution in [0, 0.1) is 20.2 Å². The van der Waals surface area contributed by atoms with Gasteiger partial charge in [0.15, 0.2) is 5.69 Å². The highest BCUT2D eigenvalue weighted by atomic mass is 16.6.